The molecule has 3 nitrogen and oxygen atoms in total. The van der Waals surface area contributed by atoms with Crippen LogP contribution in [0, 0.1) is 0 Å². The molecule has 7 rings (SSSR count). The zero-order valence-corrected chi connectivity index (χ0v) is 24.9. The molecule has 0 amide bonds. The molecule has 0 bridgehead atoms. The van der Waals surface area contributed by atoms with Gasteiger partial charge in [-0.1, -0.05) is 49.2 Å². The molecule has 0 radical (unpaired) electrons. The molecule has 10 heteroatoms. The third-order valence-corrected chi connectivity index (χ3v) is 10.4. The Bertz CT molecular complexity index is 1520. The van der Waals surface area contributed by atoms with Gasteiger partial charge in [0.1, 0.15) is 0 Å². The van der Waals surface area contributed by atoms with Gasteiger partial charge in [0.05, 0.1) is 11.1 Å². The summed E-state index contributed by atoms with van der Waals surface area (Å²) >= 11 is 5.50. The summed E-state index contributed by atoms with van der Waals surface area (Å²) in [7, 11) is 0. The number of nitrogens with zero attached hydrogens (tertiary/aromatic N) is 1. The Kier molecular flexibility index (Phi) is 7.23. The predicted octanol–water partition coefficient (Wildman–Crippen LogP) is 8.52. The maximum Gasteiger partial charge on any atom is 0.416 e. The van der Waals surface area contributed by atoms with E-state index in [1.165, 1.54) is 33.4 Å². The van der Waals surface area contributed by atoms with Crippen LogP contribution in [-0.2, 0) is 43.7 Å². The number of nitrogens with one attached hydrogen (secondary N) is 2. The van der Waals surface area contributed by atoms with Crippen LogP contribution in [0.4, 0.5) is 32.0 Å². The second-order valence-corrected chi connectivity index (χ2v) is 13.1. The lowest BCUT2D eigenvalue weighted by Gasteiger charge is -2.43. The summed E-state index contributed by atoms with van der Waals surface area (Å²) in [5.41, 5.74) is 5.57. The molecule has 232 valence electrons. The lowest BCUT2D eigenvalue weighted by Crippen LogP contribution is -2.54. The highest BCUT2D eigenvalue weighted by Gasteiger charge is 2.48. The van der Waals surface area contributed by atoms with Crippen molar-refractivity contribution in [2.24, 2.45) is 0 Å². The summed E-state index contributed by atoms with van der Waals surface area (Å²) in [6.45, 7) is 1.56. The fourth-order valence-corrected chi connectivity index (χ4v) is 8.74. The minimum Gasteiger partial charge on any atom is -0.358 e. The van der Waals surface area contributed by atoms with Crippen LogP contribution in [0.1, 0.15) is 83.0 Å². The van der Waals surface area contributed by atoms with E-state index in [1.54, 1.807) is 0 Å². The second-order valence-electron chi connectivity index (χ2n) is 12.7. The van der Waals surface area contributed by atoms with Gasteiger partial charge in [-0.3, -0.25) is 4.90 Å². The number of hydrogen-bond acceptors (Lipinski definition) is 2. The van der Waals surface area contributed by atoms with Gasteiger partial charge in [0.25, 0.3) is 0 Å². The molecule has 1 aliphatic heterocycles. The Morgan fingerprint density at radius 1 is 0.750 bits per heavy atom. The Hall–Kier alpha value is -3.11. The molecule has 1 spiro atoms. The van der Waals surface area contributed by atoms with Crippen LogP contribution in [0.15, 0.2) is 54.6 Å². The van der Waals surface area contributed by atoms with Crippen LogP contribution in [0.2, 0.25) is 0 Å². The van der Waals surface area contributed by atoms with Crippen LogP contribution in [0.3, 0.4) is 0 Å². The average Bonchev–Trinajstić information content (AvgIpc) is 3.53. The molecule has 2 atom stereocenters. The van der Waals surface area contributed by atoms with Gasteiger partial charge in [0, 0.05) is 36.3 Å². The molecular weight excluding hydrogens is 596 g/mol. The van der Waals surface area contributed by atoms with E-state index in [9.17, 15) is 26.3 Å². The van der Waals surface area contributed by atoms with Gasteiger partial charge >= 0.3 is 12.4 Å². The van der Waals surface area contributed by atoms with Crippen molar-refractivity contribution in [3.8, 4) is 0 Å². The highest BCUT2D eigenvalue weighted by Crippen LogP contribution is 2.55. The van der Waals surface area contributed by atoms with Crippen molar-refractivity contribution in [2.45, 2.75) is 94.3 Å². The SMILES string of the molecule is FC(F)(F)c1cc(NC(=S)N[C@@H]2CCCC[C@H]2N2Cc3cccc4c3C3(CC4)CCc4cccc(c43)C2)cc(C(F)(F)F)c1. The number of alkyl halides is 6. The minimum atomic E-state index is -4.93. The first-order valence-corrected chi connectivity index (χ1v) is 15.7. The molecule has 0 saturated heterocycles. The fourth-order valence-electron chi connectivity index (χ4n) is 8.47. The maximum atomic E-state index is 13.4. The van der Waals surface area contributed by atoms with Gasteiger partial charge < -0.3 is 10.6 Å². The number of hydrogen-bond donors (Lipinski definition) is 2. The second kappa shape index (κ2) is 10.8. The molecule has 1 fully saturated rings. The first-order valence-electron chi connectivity index (χ1n) is 15.3. The Balaban J connectivity index is 1.18. The van der Waals surface area contributed by atoms with Crippen LogP contribution in [0.25, 0.3) is 0 Å². The number of rotatable bonds is 3. The number of benzene rings is 3. The zero-order valence-electron chi connectivity index (χ0n) is 24.0. The van der Waals surface area contributed by atoms with Gasteiger partial charge in [-0.05, 0) is 102 Å². The topological polar surface area (TPSA) is 27.3 Å². The van der Waals surface area contributed by atoms with Gasteiger partial charge in [0.15, 0.2) is 5.11 Å². The largest absolute Gasteiger partial charge is 0.416 e. The highest BCUT2D eigenvalue weighted by atomic mass is 32.1. The molecule has 44 heavy (non-hydrogen) atoms. The molecule has 1 saturated carbocycles. The van der Waals surface area contributed by atoms with E-state index >= 15 is 0 Å². The van der Waals surface area contributed by atoms with E-state index in [1.807, 2.05) is 0 Å². The van der Waals surface area contributed by atoms with Crippen LogP contribution >= 0.6 is 12.2 Å². The van der Waals surface area contributed by atoms with Crippen molar-refractivity contribution in [1.29, 1.82) is 0 Å². The average molecular weight is 630 g/mol. The zero-order chi connectivity index (χ0) is 30.9. The quantitative estimate of drug-likeness (QED) is 0.224. The standard InChI is InChI=1S/C34H33F6N3S/c35-33(36,37)24-15-25(34(38,39)40)17-26(16-24)41-31(44)42-27-9-1-2-10-28(27)43-18-22-7-3-5-20-11-13-32(29(20)22)14-12-21-6-4-8-23(19-43)30(21)32/h3-8,15-17,27-28H,1-2,9-14,18-19H2,(H2,41,42,44)/t27-,28-,32?/m1/s1. The Labute approximate surface area is 258 Å². The summed E-state index contributed by atoms with van der Waals surface area (Å²) in [6, 6.07) is 14.8. The van der Waals surface area contributed by atoms with Crippen molar-refractivity contribution >= 4 is 23.0 Å². The highest BCUT2D eigenvalue weighted by molar-refractivity contribution is 7.80. The smallest absolute Gasteiger partial charge is 0.358 e. The Morgan fingerprint density at radius 3 is 1.82 bits per heavy atom. The number of anilines is 1. The van der Waals surface area contributed by atoms with E-state index in [4.69, 9.17) is 12.2 Å². The summed E-state index contributed by atoms with van der Waals surface area (Å²) < 4.78 is 80.6. The van der Waals surface area contributed by atoms with Gasteiger partial charge in [0.2, 0.25) is 0 Å². The van der Waals surface area contributed by atoms with Crippen LogP contribution in [0.5, 0.6) is 0 Å². The van der Waals surface area contributed by atoms with Crippen molar-refractivity contribution in [1.82, 2.24) is 10.2 Å². The van der Waals surface area contributed by atoms with Crippen molar-refractivity contribution in [3.05, 3.63) is 99.1 Å². The van der Waals surface area contributed by atoms with E-state index in [2.05, 4.69) is 51.9 Å². The summed E-state index contributed by atoms with van der Waals surface area (Å²) in [5, 5.41) is 5.95. The van der Waals surface area contributed by atoms with Gasteiger partial charge in [-0.25, -0.2) is 0 Å². The predicted molar refractivity (Wildman–Crippen MR) is 161 cm³/mol. The van der Waals surface area contributed by atoms with Gasteiger partial charge in [-0.2, -0.15) is 26.3 Å². The first-order chi connectivity index (χ1) is 20.9. The lowest BCUT2D eigenvalue weighted by molar-refractivity contribution is -0.143. The number of aryl methyl sites for hydroxylation is 2. The molecule has 3 aromatic rings. The minimum absolute atomic E-state index is 0.0154. The molecule has 0 aromatic heterocycles. The number of thiocarbonyl (C=S) groups is 1. The van der Waals surface area contributed by atoms with E-state index in [0.29, 0.717) is 12.1 Å². The first kappa shape index (κ1) is 29.6. The van der Waals surface area contributed by atoms with Crippen molar-refractivity contribution < 1.29 is 26.3 Å². The van der Waals surface area contributed by atoms with E-state index in [-0.39, 0.29) is 34.4 Å². The molecular formula is C34H33F6N3S. The third kappa shape index (κ3) is 5.17. The van der Waals surface area contributed by atoms with E-state index in [0.717, 1.165) is 64.5 Å². The third-order valence-electron chi connectivity index (χ3n) is 10.2. The lowest BCUT2D eigenvalue weighted by atomic mass is 9.72. The maximum absolute atomic E-state index is 13.4. The monoisotopic (exact) mass is 629 g/mol. The van der Waals surface area contributed by atoms with Crippen LogP contribution < -0.4 is 10.6 Å². The van der Waals surface area contributed by atoms with Crippen LogP contribution in [-0.4, -0.2) is 22.1 Å². The van der Waals surface area contributed by atoms with Gasteiger partial charge in [-0.15, -0.1) is 0 Å². The fraction of sp³-hybridized carbons (Fsp3) is 0.441. The molecule has 3 aromatic carbocycles. The molecule has 4 aliphatic rings. The molecule has 3 aliphatic carbocycles. The van der Waals surface area contributed by atoms with E-state index < -0.39 is 23.5 Å². The van der Waals surface area contributed by atoms with Crippen molar-refractivity contribution in [3.63, 3.8) is 0 Å². The van der Waals surface area contributed by atoms with Crippen molar-refractivity contribution in [2.75, 3.05) is 5.32 Å². The molecule has 0 unspecified atom stereocenters. The summed E-state index contributed by atoms with van der Waals surface area (Å²) in [6.07, 6.45) is -1.72. The molecule has 1 heterocycles. The number of halogens is 6. The summed E-state index contributed by atoms with van der Waals surface area (Å²) in [4.78, 5) is 2.51. The normalized spacial score (nSPS) is 22.5. The Morgan fingerprint density at radius 2 is 1.27 bits per heavy atom. The summed E-state index contributed by atoms with van der Waals surface area (Å²) in [5.74, 6) is 0. The molecule has 2 N–H and O–H groups in total.